The second-order valence-electron chi connectivity index (χ2n) is 6.51. The molecule has 0 radical (unpaired) electrons. The van der Waals surface area contributed by atoms with E-state index >= 15 is 0 Å². The summed E-state index contributed by atoms with van der Waals surface area (Å²) >= 11 is 0. The van der Waals surface area contributed by atoms with Crippen LogP contribution in [-0.4, -0.2) is 20.7 Å². The van der Waals surface area contributed by atoms with E-state index in [4.69, 9.17) is 0 Å². The number of nitrogens with one attached hydrogen (secondary N) is 1. The summed E-state index contributed by atoms with van der Waals surface area (Å²) in [7, 11) is 0. The van der Waals surface area contributed by atoms with Crippen LogP contribution in [0, 0.1) is 13.8 Å². The summed E-state index contributed by atoms with van der Waals surface area (Å²) in [4.78, 5) is 17.1. The lowest BCUT2D eigenvalue weighted by Crippen LogP contribution is -2.16. The van der Waals surface area contributed by atoms with Gasteiger partial charge in [-0.25, -0.2) is 4.68 Å². The zero-order valence-electron chi connectivity index (χ0n) is 15.3. The maximum absolute atomic E-state index is 12.7. The molecule has 27 heavy (non-hydrogen) atoms. The molecule has 0 saturated carbocycles. The highest BCUT2D eigenvalue weighted by Gasteiger charge is 2.16. The third-order valence-corrected chi connectivity index (χ3v) is 4.62. The van der Waals surface area contributed by atoms with Crippen LogP contribution < -0.4 is 5.32 Å². The fourth-order valence-electron chi connectivity index (χ4n) is 3.31. The van der Waals surface area contributed by atoms with Crippen LogP contribution in [0.15, 0.2) is 66.9 Å². The minimum atomic E-state index is -0.0769. The number of amides is 1. The number of fused-ring (bicyclic) bond motifs is 1. The molecule has 0 aliphatic carbocycles. The van der Waals surface area contributed by atoms with E-state index in [1.165, 1.54) is 0 Å². The molecule has 0 bridgehead atoms. The molecule has 4 rings (SSSR count). The van der Waals surface area contributed by atoms with Crippen molar-refractivity contribution >= 4 is 22.5 Å². The second kappa shape index (κ2) is 7.03. The molecule has 5 heteroatoms. The molecule has 2 aromatic heterocycles. The maximum Gasteiger partial charge on any atom is 0.228 e. The summed E-state index contributed by atoms with van der Waals surface area (Å²) in [6.07, 6.45) is 2.02. The van der Waals surface area contributed by atoms with Crippen molar-refractivity contribution in [1.29, 1.82) is 0 Å². The fourth-order valence-corrected chi connectivity index (χ4v) is 3.31. The van der Waals surface area contributed by atoms with Crippen molar-refractivity contribution in [3.8, 4) is 5.69 Å². The molecule has 0 atom stereocenters. The zero-order chi connectivity index (χ0) is 18.8. The van der Waals surface area contributed by atoms with Gasteiger partial charge in [0.15, 0.2) is 0 Å². The number of anilines is 1. The van der Waals surface area contributed by atoms with E-state index in [0.29, 0.717) is 0 Å². The Morgan fingerprint density at radius 3 is 2.59 bits per heavy atom. The number of carbonyl (C=O) groups excluding carboxylic acids is 1. The molecular weight excluding hydrogens is 336 g/mol. The topological polar surface area (TPSA) is 59.8 Å². The van der Waals surface area contributed by atoms with Gasteiger partial charge in [-0.05, 0) is 37.6 Å². The van der Waals surface area contributed by atoms with Gasteiger partial charge in [-0.15, -0.1) is 0 Å². The highest BCUT2D eigenvalue weighted by atomic mass is 16.1. The molecule has 0 spiro atoms. The summed E-state index contributed by atoms with van der Waals surface area (Å²) in [5.41, 5.74) is 5.21. The molecule has 1 N–H and O–H groups in total. The van der Waals surface area contributed by atoms with Crippen LogP contribution in [0.3, 0.4) is 0 Å². The minimum Gasteiger partial charge on any atom is -0.323 e. The van der Waals surface area contributed by atoms with Crippen molar-refractivity contribution in [3.05, 3.63) is 83.8 Å². The molecule has 4 aromatic rings. The van der Waals surface area contributed by atoms with E-state index in [2.05, 4.69) is 15.4 Å². The van der Waals surface area contributed by atoms with Gasteiger partial charge in [-0.3, -0.25) is 9.78 Å². The van der Waals surface area contributed by atoms with Gasteiger partial charge >= 0.3 is 0 Å². The number of hydrogen-bond donors (Lipinski definition) is 1. The predicted octanol–water partition coefficient (Wildman–Crippen LogP) is 4.22. The molecule has 2 heterocycles. The Bertz CT molecular complexity index is 1110. The third-order valence-electron chi connectivity index (χ3n) is 4.62. The largest absolute Gasteiger partial charge is 0.323 e. The van der Waals surface area contributed by atoms with Gasteiger partial charge in [0.2, 0.25) is 5.91 Å². The molecule has 5 nitrogen and oxygen atoms in total. The van der Waals surface area contributed by atoms with Gasteiger partial charge in [-0.1, -0.05) is 42.5 Å². The summed E-state index contributed by atoms with van der Waals surface area (Å²) in [5, 5.41) is 8.65. The van der Waals surface area contributed by atoms with Crippen molar-refractivity contribution in [1.82, 2.24) is 14.8 Å². The van der Waals surface area contributed by atoms with Crippen LogP contribution >= 0.6 is 0 Å². The first-order valence-corrected chi connectivity index (χ1v) is 8.87. The van der Waals surface area contributed by atoms with Gasteiger partial charge in [-0.2, -0.15) is 5.10 Å². The van der Waals surface area contributed by atoms with Crippen LogP contribution in [0.1, 0.15) is 17.0 Å². The van der Waals surface area contributed by atoms with Gasteiger partial charge in [0.05, 0.1) is 34.7 Å². The summed E-state index contributed by atoms with van der Waals surface area (Å²) in [6, 6.07) is 19.7. The average Bonchev–Trinajstić information content (AvgIpc) is 2.97. The lowest BCUT2D eigenvalue weighted by Gasteiger charge is -2.08. The zero-order valence-corrected chi connectivity index (χ0v) is 15.3. The Kier molecular flexibility index (Phi) is 4.42. The number of para-hydroxylation sites is 2. The monoisotopic (exact) mass is 356 g/mol. The molecule has 0 aliphatic heterocycles. The standard InChI is InChI=1S/C22H20N4O/c1-15-21(16(2)26(25-15)19-11-4-3-5-12-19)24-20(27)14-18-9-6-8-17-10-7-13-23-22(17)18/h3-13H,14H2,1-2H3,(H,24,27). The number of pyridine rings is 1. The lowest BCUT2D eigenvalue weighted by molar-refractivity contribution is -0.115. The Balaban J connectivity index is 1.59. The van der Waals surface area contributed by atoms with Gasteiger partial charge in [0.25, 0.3) is 0 Å². The van der Waals surface area contributed by atoms with Crippen molar-refractivity contribution < 1.29 is 4.79 Å². The number of hydrogen-bond acceptors (Lipinski definition) is 3. The average molecular weight is 356 g/mol. The van der Waals surface area contributed by atoms with Gasteiger partial charge < -0.3 is 5.32 Å². The third kappa shape index (κ3) is 3.31. The van der Waals surface area contributed by atoms with E-state index in [1.54, 1.807) is 6.20 Å². The molecule has 134 valence electrons. The number of rotatable bonds is 4. The van der Waals surface area contributed by atoms with Crippen molar-refractivity contribution in [2.75, 3.05) is 5.32 Å². The Morgan fingerprint density at radius 2 is 1.78 bits per heavy atom. The van der Waals surface area contributed by atoms with Crippen LogP contribution in [0.5, 0.6) is 0 Å². The minimum absolute atomic E-state index is 0.0769. The highest BCUT2D eigenvalue weighted by Crippen LogP contribution is 2.23. The predicted molar refractivity (Wildman–Crippen MR) is 107 cm³/mol. The van der Waals surface area contributed by atoms with Crippen LogP contribution in [0.2, 0.25) is 0 Å². The Hall–Kier alpha value is -3.47. The number of aromatic nitrogens is 3. The molecular formula is C22H20N4O. The summed E-state index contributed by atoms with van der Waals surface area (Å²) in [6.45, 7) is 3.86. The Morgan fingerprint density at radius 1 is 1.00 bits per heavy atom. The molecule has 1 amide bonds. The number of aryl methyl sites for hydroxylation is 1. The van der Waals surface area contributed by atoms with E-state index in [9.17, 15) is 4.79 Å². The van der Waals surface area contributed by atoms with Crippen LogP contribution in [-0.2, 0) is 11.2 Å². The van der Waals surface area contributed by atoms with Crippen LogP contribution in [0.25, 0.3) is 16.6 Å². The van der Waals surface area contributed by atoms with Crippen molar-refractivity contribution in [2.45, 2.75) is 20.3 Å². The lowest BCUT2D eigenvalue weighted by atomic mass is 10.1. The first-order chi connectivity index (χ1) is 13.1. The van der Waals surface area contributed by atoms with Crippen molar-refractivity contribution in [3.63, 3.8) is 0 Å². The van der Waals surface area contributed by atoms with Gasteiger partial charge in [0.1, 0.15) is 0 Å². The smallest absolute Gasteiger partial charge is 0.228 e. The highest BCUT2D eigenvalue weighted by molar-refractivity contribution is 5.96. The van der Waals surface area contributed by atoms with E-state index in [-0.39, 0.29) is 12.3 Å². The quantitative estimate of drug-likeness (QED) is 0.596. The number of benzene rings is 2. The molecule has 0 saturated heterocycles. The maximum atomic E-state index is 12.7. The van der Waals surface area contributed by atoms with Crippen LogP contribution in [0.4, 0.5) is 5.69 Å². The molecule has 0 fully saturated rings. The number of carbonyl (C=O) groups is 1. The number of nitrogens with zero attached hydrogens (tertiary/aromatic N) is 3. The van der Waals surface area contributed by atoms with E-state index < -0.39 is 0 Å². The van der Waals surface area contributed by atoms with Crippen molar-refractivity contribution in [2.24, 2.45) is 0 Å². The van der Waals surface area contributed by atoms with E-state index in [1.807, 2.05) is 79.2 Å². The van der Waals surface area contributed by atoms with E-state index in [0.717, 1.165) is 39.2 Å². The first-order valence-electron chi connectivity index (χ1n) is 8.87. The van der Waals surface area contributed by atoms with Gasteiger partial charge in [0, 0.05) is 11.6 Å². The molecule has 0 aliphatic rings. The summed E-state index contributed by atoms with van der Waals surface area (Å²) < 4.78 is 1.85. The first kappa shape index (κ1) is 17.0. The fraction of sp³-hybridized carbons (Fsp3) is 0.136. The SMILES string of the molecule is Cc1nn(-c2ccccc2)c(C)c1NC(=O)Cc1cccc2cccnc12. The summed E-state index contributed by atoms with van der Waals surface area (Å²) in [5.74, 6) is -0.0769. The molecule has 2 aromatic carbocycles. The Labute approximate surface area is 157 Å². The normalized spacial score (nSPS) is 10.9. The molecule has 0 unspecified atom stereocenters. The second-order valence-corrected chi connectivity index (χ2v) is 6.51.